The molecule has 1 aromatic heterocycles. The Morgan fingerprint density at radius 1 is 1.44 bits per heavy atom. The molecular formula is C12H23N3S. The second-order valence-corrected chi connectivity index (χ2v) is 4.75. The Balaban J connectivity index is 2.68. The Morgan fingerprint density at radius 2 is 2.19 bits per heavy atom. The Bertz CT molecular complexity index is 298. The zero-order valence-corrected chi connectivity index (χ0v) is 11.6. The maximum Gasteiger partial charge on any atom is 0.185 e. The van der Waals surface area contributed by atoms with Gasteiger partial charge in [-0.15, -0.1) is 11.3 Å². The molecule has 0 aliphatic heterocycles. The minimum Gasteiger partial charge on any atom is -0.348 e. The van der Waals surface area contributed by atoms with Crippen molar-refractivity contribution in [3.05, 3.63) is 11.1 Å². The van der Waals surface area contributed by atoms with Gasteiger partial charge in [0.15, 0.2) is 5.13 Å². The van der Waals surface area contributed by atoms with E-state index in [1.54, 1.807) is 11.3 Å². The van der Waals surface area contributed by atoms with Gasteiger partial charge in [-0.1, -0.05) is 13.8 Å². The molecule has 0 saturated heterocycles. The van der Waals surface area contributed by atoms with Crippen LogP contribution in [0.5, 0.6) is 0 Å². The van der Waals surface area contributed by atoms with E-state index in [0.717, 1.165) is 30.5 Å². The predicted octanol–water partition coefficient (Wildman–Crippen LogP) is 3.05. The molecule has 4 heteroatoms. The molecule has 1 unspecified atom stereocenters. The van der Waals surface area contributed by atoms with Crippen LogP contribution < -0.4 is 10.2 Å². The minimum atomic E-state index is 0.357. The summed E-state index contributed by atoms with van der Waals surface area (Å²) in [6.07, 6.45) is 1.17. The maximum atomic E-state index is 4.70. The number of aromatic nitrogens is 1. The van der Waals surface area contributed by atoms with Gasteiger partial charge in [0.25, 0.3) is 0 Å². The number of hydrogen-bond donors (Lipinski definition) is 1. The lowest BCUT2D eigenvalue weighted by Gasteiger charge is -2.18. The Kier molecular flexibility index (Phi) is 5.77. The lowest BCUT2D eigenvalue weighted by Crippen LogP contribution is -2.23. The molecule has 0 bridgehead atoms. The van der Waals surface area contributed by atoms with Gasteiger partial charge in [-0.05, 0) is 26.8 Å². The minimum absolute atomic E-state index is 0.357. The van der Waals surface area contributed by atoms with Crippen molar-refractivity contribution in [1.82, 2.24) is 10.3 Å². The third-order valence-corrected chi connectivity index (χ3v) is 3.53. The summed E-state index contributed by atoms with van der Waals surface area (Å²) in [7, 11) is 0. The fraction of sp³-hybridized carbons (Fsp3) is 0.750. The number of rotatable bonds is 7. The highest BCUT2D eigenvalue weighted by molar-refractivity contribution is 7.13. The first-order valence-electron chi connectivity index (χ1n) is 6.16. The summed E-state index contributed by atoms with van der Waals surface area (Å²) in [5.41, 5.74) is 1.16. The van der Waals surface area contributed by atoms with Crippen LogP contribution in [0.4, 0.5) is 5.13 Å². The van der Waals surface area contributed by atoms with Crippen LogP contribution in [0.2, 0.25) is 0 Å². The van der Waals surface area contributed by atoms with Crippen molar-refractivity contribution in [2.75, 3.05) is 24.5 Å². The first kappa shape index (κ1) is 13.5. The largest absolute Gasteiger partial charge is 0.348 e. The zero-order valence-electron chi connectivity index (χ0n) is 10.8. The first-order valence-corrected chi connectivity index (χ1v) is 7.04. The van der Waals surface area contributed by atoms with E-state index in [1.807, 2.05) is 0 Å². The van der Waals surface area contributed by atoms with E-state index in [2.05, 4.69) is 43.3 Å². The van der Waals surface area contributed by atoms with Crippen LogP contribution in [-0.4, -0.2) is 24.6 Å². The molecule has 0 aliphatic rings. The molecular weight excluding hydrogens is 218 g/mol. The SMILES string of the molecule is CCCN(CC)c1nc(C(C)NCC)cs1. The van der Waals surface area contributed by atoms with E-state index in [-0.39, 0.29) is 0 Å². The lowest BCUT2D eigenvalue weighted by atomic mass is 10.2. The maximum absolute atomic E-state index is 4.70. The van der Waals surface area contributed by atoms with Crippen LogP contribution in [0.15, 0.2) is 5.38 Å². The second-order valence-electron chi connectivity index (χ2n) is 3.91. The summed E-state index contributed by atoms with van der Waals surface area (Å²) < 4.78 is 0. The van der Waals surface area contributed by atoms with Crippen LogP contribution in [0.3, 0.4) is 0 Å². The zero-order chi connectivity index (χ0) is 12.0. The molecule has 0 spiro atoms. The molecule has 1 rings (SSSR count). The fourth-order valence-corrected chi connectivity index (χ4v) is 2.70. The monoisotopic (exact) mass is 241 g/mol. The van der Waals surface area contributed by atoms with Crippen LogP contribution in [0.1, 0.15) is 45.9 Å². The molecule has 1 N–H and O–H groups in total. The van der Waals surface area contributed by atoms with E-state index in [9.17, 15) is 0 Å². The van der Waals surface area contributed by atoms with Crippen LogP contribution in [0, 0.1) is 0 Å². The Hall–Kier alpha value is -0.610. The Labute approximate surface area is 103 Å². The Morgan fingerprint density at radius 3 is 2.75 bits per heavy atom. The number of thiazole rings is 1. The van der Waals surface area contributed by atoms with E-state index in [0.29, 0.717) is 6.04 Å². The van der Waals surface area contributed by atoms with Gasteiger partial charge in [-0.25, -0.2) is 4.98 Å². The van der Waals surface area contributed by atoms with Gasteiger partial charge >= 0.3 is 0 Å². The lowest BCUT2D eigenvalue weighted by molar-refractivity contribution is 0.585. The van der Waals surface area contributed by atoms with Crippen LogP contribution in [-0.2, 0) is 0 Å². The molecule has 1 aromatic rings. The van der Waals surface area contributed by atoms with Gasteiger partial charge in [0, 0.05) is 24.5 Å². The van der Waals surface area contributed by atoms with Gasteiger partial charge in [-0.2, -0.15) is 0 Å². The number of anilines is 1. The third-order valence-electron chi connectivity index (χ3n) is 2.61. The summed E-state index contributed by atoms with van der Waals surface area (Å²) >= 11 is 1.75. The molecule has 0 aliphatic carbocycles. The molecule has 3 nitrogen and oxygen atoms in total. The summed E-state index contributed by atoms with van der Waals surface area (Å²) in [5, 5.41) is 6.71. The number of hydrogen-bond acceptors (Lipinski definition) is 4. The van der Waals surface area contributed by atoms with Crippen molar-refractivity contribution in [3.63, 3.8) is 0 Å². The molecule has 0 fully saturated rings. The highest BCUT2D eigenvalue weighted by Gasteiger charge is 2.12. The molecule has 0 aromatic carbocycles. The topological polar surface area (TPSA) is 28.2 Å². The summed E-state index contributed by atoms with van der Waals surface area (Å²) in [6, 6.07) is 0.357. The standard InChI is InChI=1S/C12H23N3S/c1-5-8-15(7-3)12-14-11(9-16-12)10(4)13-6-2/h9-10,13H,5-8H2,1-4H3. The van der Waals surface area contributed by atoms with Gasteiger partial charge < -0.3 is 10.2 Å². The highest BCUT2D eigenvalue weighted by Crippen LogP contribution is 2.24. The van der Waals surface area contributed by atoms with Crippen LogP contribution >= 0.6 is 11.3 Å². The fourth-order valence-electron chi connectivity index (χ4n) is 1.69. The van der Waals surface area contributed by atoms with E-state index < -0.39 is 0 Å². The molecule has 92 valence electrons. The molecule has 1 heterocycles. The molecule has 16 heavy (non-hydrogen) atoms. The highest BCUT2D eigenvalue weighted by atomic mass is 32.1. The molecule has 1 atom stereocenters. The van der Waals surface area contributed by atoms with Gasteiger partial charge in [0.2, 0.25) is 0 Å². The van der Waals surface area contributed by atoms with Crippen molar-refractivity contribution in [2.24, 2.45) is 0 Å². The summed E-state index contributed by atoms with van der Waals surface area (Å²) in [6.45, 7) is 11.8. The van der Waals surface area contributed by atoms with Gasteiger partial charge in [0.1, 0.15) is 0 Å². The molecule has 0 radical (unpaired) electrons. The van der Waals surface area contributed by atoms with Crippen molar-refractivity contribution in [1.29, 1.82) is 0 Å². The number of nitrogens with one attached hydrogen (secondary N) is 1. The summed E-state index contributed by atoms with van der Waals surface area (Å²) in [4.78, 5) is 7.04. The van der Waals surface area contributed by atoms with E-state index in [4.69, 9.17) is 4.98 Å². The van der Waals surface area contributed by atoms with Gasteiger partial charge in [0.05, 0.1) is 5.69 Å². The van der Waals surface area contributed by atoms with Crippen LogP contribution in [0.25, 0.3) is 0 Å². The summed E-state index contributed by atoms with van der Waals surface area (Å²) in [5.74, 6) is 0. The average Bonchev–Trinajstić information content (AvgIpc) is 2.75. The van der Waals surface area contributed by atoms with Crippen molar-refractivity contribution >= 4 is 16.5 Å². The predicted molar refractivity (Wildman–Crippen MR) is 72.4 cm³/mol. The average molecular weight is 241 g/mol. The second kappa shape index (κ2) is 6.86. The first-order chi connectivity index (χ1) is 7.72. The van der Waals surface area contributed by atoms with Crippen molar-refractivity contribution in [3.8, 4) is 0 Å². The smallest absolute Gasteiger partial charge is 0.185 e. The normalized spacial score (nSPS) is 12.8. The van der Waals surface area contributed by atoms with E-state index >= 15 is 0 Å². The van der Waals surface area contributed by atoms with Crippen molar-refractivity contribution in [2.45, 2.75) is 40.2 Å². The van der Waals surface area contributed by atoms with Gasteiger partial charge in [-0.3, -0.25) is 0 Å². The number of nitrogens with zero attached hydrogens (tertiary/aromatic N) is 2. The van der Waals surface area contributed by atoms with E-state index in [1.165, 1.54) is 6.42 Å². The van der Waals surface area contributed by atoms with Crippen molar-refractivity contribution < 1.29 is 0 Å². The quantitative estimate of drug-likeness (QED) is 0.795. The molecule has 0 saturated carbocycles. The molecule has 0 amide bonds. The third kappa shape index (κ3) is 3.46.